The highest BCUT2D eigenvalue weighted by Gasteiger charge is 2.71. The number of carbonyl (C=O) groups is 3. The highest BCUT2D eigenvalue weighted by Crippen LogP contribution is 2.60. The van der Waals surface area contributed by atoms with Gasteiger partial charge in [-0.3, -0.25) is 14.4 Å². The molecule has 4 aromatic carbocycles. The lowest BCUT2D eigenvalue weighted by atomic mass is 9.64. The van der Waals surface area contributed by atoms with Crippen LogP contribution in [0.3, 0.4) is 0 Å². The minimum absolute atomic E-state index is 0.260. The zero-order chi connectivity index (χ0) is 26.9. The van der Waals surface area contributed by atoms with Crippen molar-refractivity contribution >= 4 is 29.1 Å². The summed E-state index contributed by atoms with van der Waals surface area (Å²) in [5, 5.41) is 0. The standard InChI is InChI=1S/C34H24FNO3/c1-20-10-12-22(13-11-20)29-30(31(37)23-14-17-24(35)18-15-23)36-27-9-5-2-6-21(27)16-19-28(36)34(29)32(38)25-7-3-4-8-26(25)33(34)39/h2-19,28-30H,1H3. The number of aryl methyl sites for hydroxylation is 1. The van der Waals surface area contributed by atoms with Crippen LogP contribution in [0.4, 0.5) is 10.1 Å². The van der Waals surface area contributed by atoms with Gasteiger partial charge in [0.05, 0.1) is 6.04 Å². The van der Waals surface area contributed by atoms with Crippen LogP contribution in [0.2, 0.25) is 0 Å². The molecule has 0 amide bonds. The summed E-state index contributed by atoms with van der Waals surface area (Å²) in [5.74, 6) is -2.00. The Kier molecular flexibility index (Phi) is 5.08. The van der Waals surface area contributed by atoms with Gasteiger partial charge in [0.1, 0.15) is 17.3 Å². The smallest absolute Gasteiger partial charge is 0.185 e. The van der Waals surface area contributed by atoms with E-state index in [-0.39, 0.29) is 17.3 Å². The first-order valence-corrected chi connectivity index (χ1v) is 13.0. The third-order valence-electron chi connectivity index (χ3n) is 8.55. The molecule has 1 saturated heterocycles. The number of rotatable bonds is 3. The van der Waals surface area contributed by atoms with Crippen LogP contribution in [0, 0.1) is 18.2 Å². The van der Waals surface area contributed by atoms with E-state index >= 15 is 0 Å². The number of halogens is 1. The summed E-state index contributed by atoms with van der Waals surface area (Å²) in [6.45, 7) is 1.97. The van der Waals surface area contributed by atoms with E-state index in [1.165, 1.54) is 24.3 Å². The first-order chi connectivity index (χ1) is 18.9. The Morgan fingerprint density at radius 2 is 1.41 bits per heavy atom. The van der Waals surface area contributed by atoms with Gasteiger partial charge >= 0.3 is 0 Å². The molecule has 190 valence electrons. The number of para-hydroxylation sites is 1. The number of nitrogens with zero attached hydrogens (tertiary/aromatic N) is 1. The molecule has 0 aromatic heterocycles. The largest absolute Gasteiger partial charge is 0.352 e. The second-order valence-corrected chi connectivity index (χ2v) is 10.5. The van der Waals surface area contributed by atoms with E-state index in [0.717, 1.165) is 22.4 Å². The van der Waals surface area contributed by atoms with Crippen molar-refractivity contribution in [3.63, 3.8) is 0 Å². The Morgan fingerprint density at radius 3 is 2.08 bits per heavy atom. The number of hydrogen-bond donors (Lipinski definition) is 0. The zero-order valence-corrected chi connectivity index (χ0v) is 21.2. The van der Waals surface area contributed by atoms with Crippen LogP contribution < -0.4 is 4.90 Å². The molecule has 4 aromatic rings. The number of Topliss-reactive ketones (excluding diaryl/α,β-unsaturated/α-hetero) is 3. The summed E-state index contributed by atoms with van der Waals surface area (Å²) in [7, 11) is 0. The molecule has 1 spiro atoms. The van der Waals surface area contributed by atoms with Crippen molar-refractivity contribution in [1.29, 1.82) is 0 Å². The van der Waals surface area contributed by atoms with Gasteiger partial charge in [-0.15, -0.1) is 0 Å². The summed E-state index contributed by atoms with van der Waals surface area (Å²) in [6, 6.07) is 26.3. The Morgan fingerprint density at radius 1 is 0.795 bits per heavy atom. The maximum Gasteiger partial charge on any atom is 0.185 e. The quantitative estimate of drug-likeness (QED) is 0.233. The van der Waals surface area contributed by atoms with E-state index in [2.05, 4.69) is 0 Å². The monoisotopic (exact) mass is 513 g/mol. The molecule has 1 aliphatic carbocycles. The van der Waals surface area contributed by atoms with Crippen molar-refractivity contribution in [2.75, 3.05) is 4.90 Å². The van der Waals surface area contributed by atoms with Crippen molar-refractivity contribution < 1.29 is 18.8 Å². The Balaban J connectivity index is 1.54. The molecule has 4 nitrogen and oxygen atoms in total. The molecule has 2 heterocycles. The van der Waals surface area contributed by atoms with Crippen LogP contribution in [-0.4, -0.2) is 29.4 Å². The van der Waals surface area contributed by atoms with Gasteiger partial charge in [0.25, 0.3) is 0 Å². The number of benzene rings is 4. The summed E-state index contributed by atoms with van der Waals surface area (Å²) >= 11 is 0. The number of ketones is 3. The average molecular weight is 514 g/mol. The Bertz CT molecular complexity index is 1670. The topological polar surface area (TPSA) is 54.5 Å². The molecule has 39 heavy (non-hydrogen) atoms. The van der Waals surface area contributed by atoms with Gasteiger partial charge in [0.2, 0.25) is 0 Å². The van der Waals surface area contributed by atoms with Gasteiger partial charge in [-0.2, -0.15) is 0 Å². The van der Waals surface area contributed by atoms with E-state index in [0.29, 0.717) is 16.7 Å². The van der Waals surface area contributed by atoms with Crippen molar-refractivity contribution in [3.05, 3.63) is 142 Å². The Hall–Kier alpha value is -4.64. The summed E-state index contributed by atoms with van der Waals surface area (Å²) in [4.78, 5) is 45.6. The molecule has 0 radical (unpaired) electrons. The predicted molar refractivity (Wildman–Crippen MR) is 148 cm³/mol. The number of anilines is 1. The van der Waals surface area contributed by atoms with Crippen LogP contribution in [0.15, 0.2) is 103 Å². The second kappa shape index (κ2) is 8.43. The minimum atomic E-state index is -1.54. The van der Waals surface area contributed by atoms with Gasteiger partial charge in [-0.1, -0.05) is 84.4 Å². The molecule has 7 rings (SSSR count). The zero-order valence-electron chi connectivity index (χ0n) is 21.2. The first-order valence-electron chi connectivity index (χ1n) is 13.0. The maximum absolute atomic E-state index is 14.6. The number of hydrogen-bond acceptors (Lipinski definition) is 4. The normalized spacial score (nSPS) is 22.1. The van der Waals surface area contributed by atoms with Crippen molar-refractivity contribution in [3.8, 4) is 0 Å². The molecule has 0 saturated carbocycles. The van der Waals surface area contributed by atoms with Gasteiger partial charge in [0, 0.05) is 28.3 Å². The molecule has 3 atom stereocenters. The highest BCUT2D eigenvalue weighted by molar-refractivity contribution is 6.32. The third-order valence-corrected chi connectivity index (χ3v) is 8.55. The molecule has 1 fully saturated rings. The maximum atomic E-state index is 14.6. The lowest BCUT2D eigenvalue weighted by molar-refractivity contribution is 0.0666. The van der Waals surface area contributed by atoms with Gasteiger partial charge in [-0.25, -0.2) is 4.39 Å². The number of carbonyl (C=O) groups excluding carboxylic acids is 3. The summed E-state index contributed by atoms with van der Waals surface area (Å²) < 4.78 is 13.8. The predicted octanol–water partition coefficient (Wildman–Crippen LogP) is 6.45. The summed E-state index contributed by atoms with van der Waals surface area (Å²) in [6.07, 6.45) is 3.85. The molecule has 2 aliphatic heterocycles. The SMILES string of the molecule is Cc1ccc(C2C(C(=O)c3ccc(F)cc3)N3c4ccccc4C=CC3C23C(=O)c2ccccc2C3=O)cc1. The van der Waals surface area contributed by atoms with E-state index in [1.807, 2.05) is 72.5 Å². The van der Waals surface area contributed by atoms with E-state index in [9.17, 15) is 18.8 Å². The fraction of sp³-hybridized carbons (Fsp3) is 0.147. The Labute approximate surface area is 225 Å². The van der Waals surface area contributed by atoms with Crippen LogP contribution in [0.1, 0.15) is 53.7 Å². The van der Waals surface area contributed by atoms with Crippen molar-refractivity contribution in [2.24, 2.45) is 5.41 Å². The van der Waals surface area contributed by atoms with E-state index < -0.39 is 29.2 Å². The minimum Gasteiger partial charge on any atom is -0.352 e. The molecular formula is C34H24FNO3. The van der Waals surface area contributed by atoms with Crippen molar-refractivity contribution in [2.45, 2.75) is 24.9 Å². The fourth-order valence-corrected chi connectivity index (χ4v) is 6.85. The van der Waals surface area contributed by atoms with Gasteiger partial charge < -0.3 is 4.90 Å². The average Bonchev–Trinajstić information content (AvgIpc) is 3.40. The second-order valence-electron chi connectivity index (χ2n) is 10.5. The molecule has 0 N–H and O–H groups in total. The lowest BCUT2D eigenvalue weighted by Crippen LogP contribution is -2.48. The first kappa shape index (κ1) is 23.5. The molecule has 3 unspecified atom stereocenters. The third kappa shape index (κ3) is 3.13. The van der Waals surface area contributed by atoms with Gasteiger partial charge in [0.15, 0.2) is 17.3 Å². The van der Waals surface area contributed by atoms with Crippen LogP contribution in [0.25, 0.3) is 6.08 Å². The lowest BCUT2D eigenvalue weighted by Gasteiger charge is -2.37. The van der Waals surface area contributed by atoms with Gasteiger partial charge in [-0.05, 0) is 48.4 Å². The molecule has 3 aliphatic rings. The van der Waals surface area contributed by atoms with Crippen LogP contribution >= 0.6 is 0 Å². The van der Waals surface area contributed by atoms with Crippen molar-refractivity contribution in [1.82, 2.24) is 0 Å². The molecule has 5 heteroatoms. The van der Waals surface area contributed by atoms with E-state index in [4.69, 9.17) is 0 Å². The fourth-order valence-electron chi connectivity index (χ4n) is 6.85. The summed E-state index contributed by atoms with van der Waals surface area (Å²) in [5.41, 5.74) is 3.04. The number of fused-ring (bicyclic) bond motifs is 5. The van der Waals surface area contributed by atoms with E-state index in [1.54, 1.807) is 24.3 Å². The van der Waals surface area contributed by atoms with Crippen LogP contribution in [-0.2, 0) is 0 Å². The van der Waals surface area contributed by atoms with Crippen LogP contribution in [0.5, 0.6) is 0 Å². The molecular weight excluding hydrogens is 489 g/mol. The molecule has 0 bridgehead atoms. The highest BCUT2D eigenvalue weighted by atomic mass is 19.1.